The molecule has 2 heterocycles. The summed E-state index contributed by atoms with van der Waals surface area (Å²) < 4.78 is 9.94. The van der Waals surface area contributed by atoms with Crippen LogP contribution in [0.3, 0.4) is 0 Å². The van der Waals surface area contributed by atoms with Crippen molar-refractivity contribution in [2.75, 3.05) is 13.2 Å². The predicted octanol–water partition coefficient (Wildman–Crippen LogP) is 0.205. The molecule has 7 heteroatoms. The second kappa shape index (κ2) is 5.37. The van der Waals surface area contributed by atoms with E-state index in [0.717, 1.165) is 32.1 Å². The number of cyclic esters (lactones) is 1. The molecule has 2 aliphatic heterocycles. The van der Waals surface area contributed by atoms with Crippen molar-refractivity contribution < 1.29 is 28.7 Å². The summed E-state index contributed by atoms with van der Waals surface area (Å²) in [6, 6.07) is -1.34. The molecule has 0 radical (unpaired) electrons. The summed E-state index contributed by atoms with van der Waals surface area (Å²) in [4.78, 5) is 50.7. The lowest BCUT2D eigenvalue weighted by Gasteiger charge is -2.34. The predicted molar refractivity (Wildman–Crippen MR) is 72.5 cm³/mol. The number of likely N-dealkylation sites (tertiary alicyclic amines) is 1. The molecule has 7 nitrogen and oxygen atoms in total. The molecule has 0 aromatic carbocycles. The van der Waals surface area contributed by atoms with Crippen molar-refractivity contribution in [3.63, 3.8) is 0 Å². The Morgan fingerprint density at radius 2 is 1.95 bits per heavy atom. The van der Waals surface area contributed by atoms with Crippen LogP contribution in [0.25, 0.3) is 0 Å². The number of ketones is 1. The molecule has 2 atom stereocenters. The van der Waals surface area contributed by atoms with Crippen LogP contribution in [0.15, 0.2) is 0 Å². The lowest BCUT2D eigenvalue weighted by molar-refractivity contribution is -0.160. The van der Waals surface area contributed by atoms with E-state index in [9.17, 15) is 19.2 Å². The summed E-state index contributed by atoms with van der Waals surface area (Å²) in [5.41, 5.74) is -1.80. The fourth-order valence-corrected chi connectivity index (χ4v) is 3.77. The molecule has 3 fully saturated rings. The second-order valence-electron chi connectivity index (χ2n) is 6.04. The van der Waals surface area contributed by atoms with E-state index in [4.69, 9.17) is 9.47 Å². The first-order valence-electron chi connectivity index (χ1n) is 7.75. The third kappa shape index (κ3) is 1.87. The van der Waals surface area contributed by atoms with Gasteiger partial charge in [0.15, 0.2) is 6.04 Å². The molecule has 0 N–H and O–H groups in total. The molecule has 0 aromatic rings. The number of carbonyl (C=O) groups is 4. The fraction of sp³-hybridized carbons (Fsp3) is 0.733. The summed E-state index contributed by atoms with van der Waals surface area (Å²) in [5, 5.41) is 0. The van der Waals surface area contributed by atoms with Crippen LogP contribution in [0.1, 0.15) is 39.0 Å². The number of hydrogen-bond donors (Lipinski definition) is 0. The zero-order valence-electron chi connectivity index (χ0n) is 12.5. The van der Waals surface area contributed by atoms with Crippen LogP contribution in [0.4, 0.5) is 0 Å². The topological polar surface area (TPSA) is 90.0 Å². The van der Waals surface area contributed by atoms with E-state index in [0.29, 0.717) is 0 Å². The van der Waals surface area contributed by atoms with Gasteiger partial charge in [0, 0.05) is 6.04 Å². The maximum absolute atomic E-state index is 12.5. The third-order valence-corrected chi connectivity index (χ3v) is 4.85. The Balaban J connectivity index is 2.00. The largest absolute Gasteiger partial charge is 0.465 e. The van der Waals surface area contributed by atoms with Gasteiger partial charge < -0.3 is 14.4 Å². The highest BCUT2D eigenvalue weighted by atomic mass is 16.6. The molecule has 0 spiro atoms. The highest BCUT2D eigenvalue weighted by molar-refractivity contribution is 6.46. The lowest BCUT2D eigenvalue weighted by atomic mass is 9.81. The Morgan fingerprint density at radius 3 is 2.59 bits per heavy atom. The molecule has 1 amide bonds. The smallest absolute Gasteiger partial charge is 0.330 e. The standard InChI is InChI=1S/C15H19NO6/c1-2-21-14(20)15-8-22-13(19)10(15)16(12(18)11(15)17)9-6-4-3-5-7-9/h9-10H,2-8H2,1H3/t10-,15-/m0/s1. The van der Waals surface area contributed by atoms with Gasteiger partial charge >= 0.3 is 11.9 Å². The van der Waals surface area contributed by atoms with Gasteiger partial charge in [-0.2, -0.15) is 0 Å². The number of fused-ring (bicyclic) bond motifs is 1. The molecule has 2 saturated heterocycles. The molecule has 3 aliphatic rings. The number of nitrogens with zero attached hydrogens (tertiary/aromatic N) is 1. The molecule has 22 heavy (non-hydrogen) atoms. The van der Waals surface area contributed by atoms with Crippen molar-refractivity contribution in [1.82, 2.24) is 4.90 Å². The van der Waals surface area contributed by atoms with Crippen molar-refractivity contribution in [3.8, 4) is 0 Å². The molecular formula is C15H19NO6. The van der Waals surface area contributed by atoms with Gasteiger partial charge in [-0.1, -0.05) is 19.3 Å². The van der Waals surface area contributed by atoms with Crippen LogP contribution < -0.4 is 0 Å². The quantitative estimate of drug-likeness (QED) is 0.420. The van der Waals surface area contributed by atoms with Crippen LogP contribution in [-0.4, -0.2) is 53.8 Å². The molecule has 0 aromatic heterocycles. The Kier molecular flexibility index (Phi) is 3.66. The molecule has 1 aliphatic carbocycles. The number of Topliss-reactive ketones (excluding diaryl/α,β-unsaturated/α-hetero) is 1. The third-order valence-electron chi connectivity index (χ3n) is 4.85. The van der Waals surface area contributed by atoms with E-state index in [-0.39, 0.29) is 12.6 Å². The van der Waals surface area contributed by atoms with E-state index in [1.165, 1.54) is 4.90 Å². The van der Waals surface area contributed by atoms with Crippen LogP contribution in [0, 0.1) is 5.41 Å². The fourth-order valence-electron chi connectivity index (χ4n) is 3.77. The normalized spacial score (nSPS) is 32.1. The van der Waals surface area contributed by atoms with Crippen LogP contribution >= 0.6 is 0 Å². The molecule has 0 bridgehead atoms. The van der Waals surface area contributed by atoms with Crippen LogP contribution in [-0.2, 0) is 28.7 Å². The van der Waals surface area contributed by atoms with E-state index in [2.05, 4.69) is 0 Å². The maximum atomic E-state index is 12.5. The summed E-state index contributed by atoms with van der Waals surface area (Å²) >= 11 is 0. The van der Waals surface area contributed by atoms with Gasteiger partial charge in [-0.05, 0) is 19.8 Å². The molecule has 120 valence electrons. The Bertz CT molecular complexity index is 538. The van der Waals surface area contributed by atoms with Gasteiger partial charge in [0.25, 0.3) is 5.91 Å². The van der Waals surface area contributed by atoms with Crippen molar-refractivity contribution >= 4 is 23.6 Å². The Labute approximate surface area is 127 Å². The van der Waals surface area contributed by atoms with Gasteiger partial charge in [-0.25, -0.2) is 4.79 Å². The molecular weight excluding hydrogens is 290 g/mol. The number of rotatable bonds is 3. The molecule has 0 unspecified atom stereocenters. The van der Waals surface area contributed by atoms with Crippen molar-refractivity contribution in [1.29, 1.82) is 0 Å². The van der Waals surface area contributed by atoms with Gasteiger partial charge in [-0.15, -0.1) is 0 Å². The first-order chi connectivity index (χ1) is 10.5. The number of hydrogen-bond acceptors (Lipinski definition) is 6. The summed E-state index contributed by atoms with van der Waals surface area (Å²) in [6.45, 7) is 1.29. The average molecular weight is 309 g/mol. The van der Waals surface area contributed by atoms with E-state index in [1.807, 2.05) is 0 Å². The number of esters is 2. The van der Waals surface area contributed by atoms with E-state index in [1.54, 1.807) is 6.92 Å². The number of amides is 1. The van der Waals surface area contributed by atoms with Gasteiger partial charge in [0.1, 0.15) is 6.61 Å². The van der Waals surface area contributed by atoms with E-state index < -0.39 is 41.7 Å². The van der Waals surface area contributed by atoms with Gasteiger partial charge in [0.2, 0.25) is 11.2 Å². The Hall–Kier alpha value is -1.92. The van der Waals surface area contributed by atoms with Crippen molar-refractivity contribution in [2.24, 2.45) is 5.41 Å². The summed E-state index contributed by atoms with van der Waals surface area (Å²) in [5.74, 6) is -3.13. The van der Waals surface area contributed by atoms with Gasteiger partial charge in [-0.3, -0.25) is 14.4 Å². The van der Waals surface area contributed by atoms with E-state index >= 15 is 0 Å². The first kappa shape index (κ1) is 15.0. The minimum Gasteiger partial charge on any atom is -0.465 e. The van der Waals surface area contributed by atoms with Gasteiger partial charge in [0.05, 0.1) is 6.61 Å². The Morgan fingerprint density at radius 1 is 1.27 bits per heavy atom. The minimum absolute atomic E-state index is 0.0758. The zero-order valence-corrected chi connectivity index (χ0v) is 12.5. The number of ether oxygens (including phenoxy) is 2. The van der Waals surface area contributed by atoms with Crippen LogP contribution in [0.2, 0.25) is 0 Å². The first-order valence-corrected chi connectivity index (χ1v) is 7.75. The minimum atomic E-state index is -1.80. The van der Waals surface area contributed by atoms with Crippen molar-refractivity contribution in [2.45, 2.75) is 51.1 Å². The zero-order chi connectivity index (χ0) is 15.9. The highest BCUT2D eigenvalue weighted by Crippen LogP contribution is 2.44. The lowest BCUT2D eigenvalue weighted by Crippen LogP contribution is -2.51. The van der Waals surface area contributed by atoms with Crippen molar-refractivity contribution in [3.05, 3.63) is 0 Å². The maximum Gasteiger partial charge on any atom is 0.330 e. The molecule has 3 rings (SSSR count). The van der Waals surface area contributed by atoms with Crippen LogP contribution in [0.5, 0.6) is 0 Å². The SMILES string of the molecule is CCOC(=O)[C@@]12COC(=O)[C@@H]1N(C1CCCCC1)C(=O)C2=O. The number of carbonyl (C=O) groups excluding carboxylic acids is 4. The summed E-state index contributed by atoms with van der Waals surface area (Å²) in [6.07, 6.45) is 4.43. The molecule has 1 saturated carbocycles. The second-order valence-corrected chi connectivity index (χ2v) is 6.04. The monoisotopic (exact) mass is 309 g/mol. The summed E-state index contributed by atoms with van der Waals surface area (Å²) in [7, 11) is 0. The average Bonchev–Trinajstić information content (AvgIpc) is 2.97. The highest BCUT2D eigenvalue weighted by Gasteiger charge is 2.72.